The van der Waals surface area contributed by atoms with Crippen molar-refractivity contribution < 1.29 is 4.79 Å². The van der Waals surface area contributed by atoms with Gasteiger partial charge < -0.3 is 5.32 Å². The molecule has 1 aliphatic rings. The van der Waals surface area contributed by atoms with Gasteiger partial charge in [0.2, 0.25) is 5.91 Å². The van der Waals surface area contributed by atoms with E-state index in [0.29, 0.717) is 6.04 Å². The molecule has 0 saturated carbocycles. The third-order valence-corrected chi connectivity index (χ3v) is 4.33. The maximum atomic E-state index is 12.6. The van der Waals surface area contributed by atoms with Crippen LogP contribution in [0.5, 0.6) is 0 Å². The molecule has 1 amide bonds. The molecule has 1 atom stereocenters. The Kier molecular flexibility index (Phi) is 4.49. The minimum atomic E-state index is -0.0641. The lowest BCUT2D eigenvalue weighted by Gasteiger charge is -2.32. The SMILES string of the molecule is CC(C)NC1CCCN(c2nc(C(C)(C)C)cs2)C1=O. The van der Waals surface area contributed by atoms with Crippen LogP contribution in [-0.2, 0) is 10.2 Å². The fourth-order valence-electron chi connectivity index (χ4n) is 2.35. The summed E-state index contributed by atoms with van der Waals surface area (Å²) >= 11 is 1.57. The molecule has 2 rings (SSSR count). The van der Waals surface area contributed by atoms with E-state index in [1.807, 2.05) is 4.90 Å². The summed E-state index contributed by atoms with van der Waals surface area (Å²) in [5, 5.41) is 6.27. The van der Waals surface area contributed by atoms with Gasteiger partial charge in [-0.3, -0.25) is 9.69 Å². The number of carbonyl (C=O) groups is 1. The zero-order valence-electron chi connectivity index (χ0n) is 13.1. The Bertz CT molecular complexity index is 476. The molecule has 2 heterocycles. The van der Waals surface area contributed by atoms with Gasteiger partial charge in [-0.2, -0.15) is 0 Å². The van der Waals surface area contributed by atoms with Crippen LogP contribution in [0.3, 0.4) is 0 Å². The van der Waals surface area contributed by atoms with Crippen molar-refractivity contribution in [3.8, 4) is 0 Å². The van der Waals surface area contributed by atoms with Crippen molar-refractivity contribution in [2.45, 2.75) is 65.0 Å². The number of nitrogens with zero attached hydrogens (tertiary/aromatic N) is 2. The predicted octanol–water partition coefficient (Wildman–Crippen LogP) is 2.93. The molecule has 0 radical (unpaired) electrons. The Morgan fingerprint density at radius 3 is 2.70 bits per heavy atom. The number of rotatable bonds is 3. The Balaban J connectivity index is 2.15. The number of thiazole rings is 1. The van der Waals surface area contributed by atoms with E-state index < -0.39 is 0 Å². The van der Waals surface area contributed by atoms with Gasteiger partial charge in [0, 0.05) is 23.4 Å². The van der Waals surface area contributed by atoms with E-state index in [2.05, 4.69) is 50.3 Å². The smallest absolute Gasteiger partial charge is 0.245 e. The molecule has 0 bridgehead atoms. The highest BCUT2D eigenvalue weighted by Crippen LogP contribution is 2.30. The van der Waals surface area contributed by atoms with Crippen LogP contribution < -0.4 is 10.2 Å². The molecule has 1 N–H and O–H groups in total. The molecule has 0 spiro atoms. The van der Waals surface area contributed by atoms with Crippen molar-refractivity contribution in [1.29, 1.82) is 0 Å². The van der Waals surface area contributed by atoms with Crippen molar-refractivity contribution in [1.82, 2.24) is 10.3 Å². The van der Waals surface area contributed by atoms with Crippen LogP contribution in [0.4, 0.5) is 5.13 Å². The van der Waals surface area contributed by atoms with Gasteiger partial charge in [-0.15, -0.1) is 11.3 Å². The molecule has 1 saturated heterocycles. The highest BCUT2D eigenvalue weighted by Gasteiger charge is 2.32. The van der Waals surface area contributed by atoms with E-state index in [4.69, 9.17) is 0 Å². The van der Waals surface area contributed by atoms with E-state index in [-0.39, 0.29) is 17.4 Å². The lowest BCUT2D eigenvalue weighted by atomic mass is 9.93. The van der Waals surface area contributed by atoms with E-state index in [1.165, 1.54) is 0 Å². The molecule has 112 valence electrons. The average Bonchev–Trinajstić information content (AvgIpc) is 2.80. The van der Waals surface area contributed by atoms with Gasteiger partial charge in [0.15, 0.2) is 5.13 Å². The molecule has 0 aliphatic carbocycles. The summed E-state index contributed by atoms with van der Waals surface area (Å²) in [4.78, 5) is 19.1. The summed E-state index contributed by atoms with van der Waals surface area (Å²) in [5.41, 5.74) is 1.09. The maximum Gasteiger partial charge on any atom is 0.245 e. The van der Waals surface area contributed by atoms with E-state index in [0.717, 1.165) is 30.2 Å². The first-order valence-corrected chi connectivity index (χ1v) is 8.20. The van der Waals surface area contributed by atoms with E-state index in [9.17, 15) is 4.79 Å². The molecule has 1 unspecified atom stereocenters. The Labute approximate surface area is 125 Å². The second-order valence-corrected chi connectivity index (χ2v) is 7.61. The number of hydrogen-bond donors (Lipinski definition) is 1. The highest BCUT2D eigenvalue weighted by atomic mass is 32.1. The van der Waals surface area contributed by atoms with Gasteiger partial charge in [0.05, 0.1) is 11.7 Å². The molecular weight excluding hydrogens is 270 g/mol. The Morgan fingerprint density at radius 1 is 1.45 bits per heavy atom. The number of carbonyl (C=O) groups excluding carboxylic acids is 1. The predicted molar refractivity (Wildman–Crippen MR) is 84.5 cm³/mol. The van der Waals surface area contributed by atoms with Gasteiger partial charge in [-0.1, -0.05) is 34.6 Å². The van der Waals surface area contributed by atoms with Crippen LogP contribution in [0.1, 0.15) is 53.2 Å². The Hall–Kier alpha value is -0.940. The molecule has 1 aromatic rings. The number of anilines is 1. The van der Waals surface area contributed by atoms with Crippen LogP contribution >= 0.6 is 11.3 Å². The number of amides is 1. The minimum absolute atomic E-state index is 0.0309. The summed E-state index contributed by atoms with van der Waals surface area (Å²) in [7, 11) is 0. The fourth-order valence-corrected chi connectivity index (χ4v) is 3.44. The second kappa shape index (κ2) is 5.82. The summed E-state index contributed by atoms with van der Waals surface area (Å²) in [5.74, 6) is 0.166. The standard InChI is InChI=1S/C15H25N3OS/c1-10(2)16-11-7-6-8-18(13(11)19)14-17-12(9-20-14)15(3,4)5/h9-11,16H,6-8H2,1-5H3. The molecular formula is C15H25N3OS. The Morgan fingerprint density at radius 2 is 2.15 bits per heavy atom. The van der Waals surface area contributed by atoms with Crippen LogP contribution in [0.2, 0.25) is 0 Å². The molecule has 1 aliphatic heterocycles. The van der Waals surface area contributed by atoms with E-state index in [1.54, 1.807) is 11.3 Å². The lowest BCUT2D eigenvalue weighted by molar-refractivity contribution is -0.121. The van der Waals surface area contributed by atoms with Gasteiger partial charge >= 0.3 is 0 Å². The van der Waals surface area contributed by atoms with Crippen molar-refractivity contribution in [3.05, 3.63) is 11.1 Å². The first-order valence-electron chi connectivity index (χ1n) is 7.32. The average molecular weight is 295 g/mol. The molecule has 5 heteroatoms. The van der Waals surface area contributed by atoms with Gasteiger partial charge in [0.25, 0.3) is 0 Å². The first kappa shape index (κ1) is 15.4. The molecule has 1 fully saturated rings. The lowest BCUT2D eigenvalue weighted by Crippen LogP contribution is -2.52. The van der Waals surface area contributed by atoms with Gasteiger partial charge in [0.1, 0.15) is 0 Å². The minimum Gasteiger partial charge on any atom is -0.304 e. The third-order valence-electron chi connectivity index (χ3n) is 3.46. The monoisotopic (exact) mass is 295 g/mol. The molecule has 20 heavy (non-hydrogen) atoms. The summed E-state index contributed by atoms with van der Waals surface area (Å²) in [6.07, 6.45) is 1.95. The van der Waals surface area contributed by atoms with E-state index >= 15 is 0 Å². The number of hydrogen-bond acceptors (Lipinski definition) is 4. The largest absolute Gasteiger partial charge is 0.304 e. The van der Waals surface area contributed by atoms with Gasteiger partial charge in [-0.05, 0) is 12.8 Å². The van der Waals surface area contributed by atoms with Crippen molar-refractivity contribution in [2.24, 2.45) is 0 Å². The third kappa shape index (κ3) is 3.38. The number of nitrogens with one attached hydrogen (secondary N) is 1. The van der Waals surface area contributed by atoms with Crippen LogP contribution in [0, 0.1) is 0 Å². The zero-order chi connectivity index (χ0) is 14.9. The van der Waals surface area contributed by atoms with Crippen molar-refractivity contribution in [2.75, 3.05) is 11.4 Å². The van der Waals surface area contributed by atoms with Crippen molar-refractivity contribution >= 4 is 22.4 Å². The first-order chi connectivity index (χ1) is 9.29. The van der Waals surface area contributed by atoms with Crippen molar-refractivity contribution in [3.63, 3.8) is 0 Å². The van der Waals surface area contributed by atoms with Crippen LogP contribution in [-0.4, -0.2) is 29.5 Å². The topological polar surface area (TPSA) is 45.2 Å². The summed E-state index contributed by atoms with van der Waals surface area (Å²) in [6.45, 7) is 11.4. The summed E-state index contributed by atoms with van der Waals surface area (Å²) in [6, 6.07) is 0.260. The number of aromatic nitrogens is 1. The number of piperidine rings is 1. The quantitative estimate of drug-likeness (QED) is 0.932. The zero-order valence-corrected chi connectivity index (χ0v) is 13.9. The van der Waals surface area contributed by atoms with Crippen LogP contribution in [0.25, 0.3) is 0 Å². The maximum absolute atomic E-state index is 12.6. The molecule has 1 aromatic heterocycles. The fraction of sp³-hybridized carbons (Fsp3) is 0.733. The highest BCUT2D eigenvalue weighted by molar-refractivity contribution is 7.14. The molecule has 0 aromatic carbocycles. The van der Waals surface area contributed by atoms with Gasteiger partial charge in [-0.25, -0.2) is 4.98 Å². The second-order valence-electron chi connectivity index (χ2n) is 6.77. The molecule has 4 nitrogen and oxygen atoms in total. The normalized spacial score (nSPS) is 20.8. The summed E-state index contributed by atoms with van der Waals surface area (Å²) < 4.78 is 0. The van der Waals surface area contributed by atoms with Crippen LogP contribution in [0.15, 0.2) is 5.38 Å².